The molecule has 2 nitrogen and oxygen atoms in total. The van der Waals surface area contributed by atoms with E-state index in [1.807, 2.05) is 0 Å². The van der Waals surface area contributed by atoms with Gasteiger partial charge in [0, 0.05) is 32.2 Å². The minimum Gasteiger partial charge on any atom is -0.314 e. The Labute approximate surface area is 135 Å². The molecule has 0 radical (unpaired) electrons. The van der Waals surface area contributed by atoms with E-state index in [1.54, 1.807) is 0 Å². The standard InChI is InChI=1S/C16H24N2.2ClH/c1-4-6-15(18-11-9-17-10-12-18)16-13(2)7-5-8-14(16)3;;/h4-5,7-8,15,17H,1,6,9-12H2,2-3H3;2*1H/t15-;;/m1../s1. The fraction of sp³-hybridized carbons (Fsp3) is 0.500. The van der Waals surface area contributed by atoms with Crippen LogP contribution in [0.15, 0.2) is 30.9 Å². The number of hydrogen-bond acceptors (Lipinski definition) is 2. The lowest BCUT2D eigenvalue weighted by Gasteiger charge is -2.36. The van der Waals surface area contributed by atoms with Gasteiger partial charge in [-0.2, -0.15) is 0 Å². The Bertz CT molecular complexity index is 395. The number of halogens is 2. The molecule has 0 aliphatic carbocycles. The van der Waals surface area contributed by atoms with Gasteiger partial charge in [-0.05, 0) is 37.0 Å². The monoisotopic (exact) mass is 316 g/mol. The van der Waals surface area contributed by atoms with E-state index in [0.717, 1.165) is 32.6 Å². The van der Waals surface area contributed by atoms with E-state index in [4.69, 9.17) is 0 Å². The van der Waals surface area contributed by atoms with Crippen molar-refractivity contribution in [2.45, 2.75) is 26.3 Å². The Kier molecular flexibility index (Phi) is 9.15. The molecule has 2 rings (SSSR count). The molecule has 0 amide bonds. The Morgan fingerprint density at radius 1 is 1.20 bits per heavy atom. The minimum atomic E-state index is 0. The summed E-state index contributed by atoms with van der Waals surface area (Å²) in [6, 6.07) is 7.09. The SMILES string of the molecule is C=CC[C@H](c1c(C)cccc1C)N1CCNCC1.Cl.Cl. The lowest BCUT2D eigenvalue weighted by Crippen LogP contribution is -2.45. The van der Waals surface area contributed by atoms with Gasteiger partial charge in [0.25, 0.3) is 0 Å². The molecule has 1 fully saturated rings. The summed E-state index contributed by atoms with van der Waals surface area (Å²) in [6.07, 6.45) is 3.09. The number of aryl methyl sites for hydroxylation is 2. The van der Waals surface area contributed by atoms with Gasteiger partial charge in [-0.1, -0.05) is 24.3 Å². The van der Waals surface area contributed by atoms with Crippen LogP contribution in [0.25, 0.3) is 0 Å². The Morgan fingerprint density at radius 2 is 1.75 bits per heavy atom. The third-order valence-electron chi connectivity index (χ3n) is 3.86. The molecule has 1 aliphatic heterocycles. The number of hydrogen-bond donors (Lipinski definition) is 1. The molecule has 1 atom stereocenters. The molecule has 1 saturated heterocycles. The number of benzene rings is 1. The van der Waals surface area contributed by atoms with Crippen LogP contribution in [0, 0.1) is 13.8 Å². The highest BCUT2D eigenvalue weighted by Crippen LogP contribution is 2.30. The minimum absolute atomic E-state index is 0. The van der Waals surface area contributed by atoms with Crippen LogP contribution in [0.1, 0.15) is 29.2 Å². The molecule has 0 bridgehead atoms. The smallest absolute Gasteiger partial charge is 0.0388 e. The molecule has 1 aliphatic rings. The van der Waals surface area contributed by atoms with Crippen LogP contribution in [0.5, 0.6) is 0 Å². The van der Waals surface area contributed by atoms with Crippen LogP contribution in [-0.2, 0) is 0 Å². The van der Waals surface area contributed by atoms with Crippen molar-refractivity contribution >= 4 is 24.8 Å². The second kappa shape index (κ2) is 9.41. The van der Waals surface area contributed by atoms with E-state index in [9.17, 15) is 0 Å². The third kappa shape index (κ3) is 4.49. The van der Waals surface area contributed by atoms with Gasteiger partial charge in [-0.15, -0.1) is 31.4 Å². The van der Waals surface area contributed by atoms with Crippen molar-refractivity contribution in [3.8, 4) is 0 Å². The van der Waals surface area contributed by atoms with Gasteiger partial charge in [-0.25, -0.2) is 0 Å². The van der Waals surface area contributed by atoms with Crippen LogP contribution >= 0.6 is 24.8 Å². The van der Waals surface area contributed by atoms with E-state index in [0.29, 0.717) is 6.04 Å². The van der Waals surface area contributed by atoms with E-state index in [2.05, 4.69) is 54.9 Å². The molecule has 20 heavy (non-hydrogen) atoms. The second-order valence-electron chi connectivity index (χ2n) is 5.13. The first-order valence-corrected chi connectivity index (χ1v) is 6.86. The summed E-state index contributed by atoms with van der Waals surface area (Å²) in [5, 5.41) is 3.42. The molecule has 1 N–H and O–H groups in total. The topological polar surface area (TPSA) is 15.3 Å². The average molecular weight is 317 g/mol. The zero-order valence-electron chi connectivity index (χ0n) is 12.4. The molecular formula is C16H26Cl2N2. The average Bonchev–Trinajstić information content (AvgIpc) is 2.38. The molecule has 0 unspecified atom stereocenters. The molecule has 0 saturated carbocycles. The Hall–Kier alpha value is -0.540. The maximum atomic E-state index is 3.94. The normalized spacial score (nSPS) is 16.7. The van der Waals surface area contributed by atoms with Crippen LogP contribution in [0.2, 0.25) is 0 Å². The summed E-state index contributed by atoms with van der Waals surface area (Å²) < 4.78 is 0. The highest BCUT2D eigenvalue weighted by atomic mass is 35.5. The summed E-state index contributed by atoms with van der Waals surface area (Å²) in [6.45, 7) is 12.8. The summed E-state index contributed by atoms with van der Waals surface area (Å²) >= 11 is 0. The van der Waals surface area contributed by atoms with Crippen molar-refractivity contribution in [3.63, 3.8) is 0 Å². The van der Waals surface area contributed by atoms with E-state index in [-0.39, 0.29) is 24.8 Å². The fourth-order valence-electron chi connectivity index (χ4n) is 2.95. The number of nitrogens with one attached hydrogen (secondary N) is 1. The highest BCUT2D eigenvalue weighted by molar-refractivity contribution is 5.85. The van der Waals surface area contributed by atoms with Gasteiger partial charge in [-0.3, -0.25) is 4.90 Å². The zero-order valence-corrected chi connectivity index (χ0v) is 14.0. The summed E-state index contributed by atoms with van der Waals surface area (Å²) in [5.41, 5.74) is 4.31. The van der Waals surface area contributed by atoms with Gasteiger partial charge in [0.1, 0.15) is 0 Å². The zero-order chi connectivity index (χ0) is 13.0. The lowest BCUT2D eigenvalue weighted by atomic mass is 9.92. The summed E-state index contributed by atoms with van der Waals surface area (Å²) in [4.78, 5) is 2.59. The number of nitrogens with zero attached hydrogens (tertiary/aromatic N) is 1. The molecule has 0 spiro atoms. The Balaban J connectivity index is 0.00000180. The predicted octanol–water partition coefficient (Wildman–Crippen LogP) is 3.67. The maximum absolute atomic E-state index is 3.94. The number of piperazine rings is 1. The molecule has 1 aromatic carbocycles. The van der Waals surface area contributed by atoms with Crippen LogP contribution in [-0.4, -0.2) is 31.1 Å². The van der Waals surface area contributed by atoms with Gasteiger partial charge in [0.05, 0.1) is 0 Å². The van der Waals surface area contributed by atoms with Crippen LogP contribution in [0.4, 0.5) is 0 Å². The summed E-state index contributed by atoms with van der Waals surface area (Å²) in [5.74, 6) is 0. The molecule has 0 aromatic heterocycles. The van der Waals surface area contributed by atoms with Crippen molar-refractivity contribution in [3.05, 3.63) is 47.5 Å². The number of rotatable bonds is 4. The van der Waals surface area contributed by atoms with Crippen LogP contribution < -0.4 is 5.32 Å². The van der Waals surface area contributed by atoms with Gasteiger partial charge in [0.2, 0.25) is 0 Å². The maximum Gasteiger partial charge on any atom is 0.0388 e. The third-order valence-corrected chi connectivity index (χ3v) is 3.86. The van der Waals surface area contributed by atoms with Crippen molar-refractivity contribution in [1.29, 1.82) is 0 Å². The lowest BCUT2D eigenvalue weighted by molar-refractivity contribution is 0.173. The molecule has 114 valence electrons. The van der Waals surface area contributed by atoms with Crippen molar-refractivity contribution in [2.75, 3.05) is 26.2 Å². The van der Waals surface area contributed by atoms with E-state index >= 15 is 0 Å². The quantitative estimate of drug-likeness (QED) is 0.853. The van der Waals surface area contributed by atoms with Gasteiger partial charge >= 0.3 is 0 Å². The molecule has 4 heteroatoms. The second-order valence-corrected chi connectivity index (χ2v) is 5.13. The highest BCUT2D eigenvalue weighted by Gasteiger charge is 2.23. The van der Waals surface area contributed by atoms with E-state index in [1.165, 1.54) is 16.7 Å². The van der Waals surface area contributed by atoms with Crippen molar-refractivity contribution < 1.29 is 0 Å². The molecule has 1 heterocycles. The molecular weight excluding hydrogens is 291 g/mol. The first-order chi connectivity index (χ1) is 8.74. The predicted molar refractivity (Wildman–Crippen MR) is 92.4 cm³/mol. The van der Waals surface area contributed by atoms with Gasteiger partial charge < -0.3 is 5.32 Å². The van der Waals surface area contributed by atoms with E-state index < -0.39 is 0 Å². The Morgan fingerprint density at radius 3 is 2.25 bits per heavy atom. The van der Waals surface area contributed by atoms with Crippen LogP contribution in [0.3, 0.4) is 0 Å². The first kappa shape index (κ1) is 19.5. The van der Waals surface area contributed by atoms with Crippen molar-refractivity contribution in [1.82, 2.24) is 10.2 Å². The summed E-state index contributed by atoms with van der Waals surface area (Å²) in [7, 11) is 0. The molecule has 1 aromatic rings. The van der Waals surface area contributed by atoms with Gasteiger partial charge in [0.15, 0.2) is 0 Å². The largest absolute Gasteiger partial charge is 0.314 e. The fourth-order valence-corrected chi connectivity index (χ4v) is 2.95. The van der Waals surface area contributed by atoms with Crippen molar-refractivity contribution in [2.24, 2.45) is 0 Å². The first-order valence-electron chi connectivity index (χ1n) is 6.86.